The lowest BCUT2D eigenvalue weighted by molar-refractivity contribution is -0.870. The molecule has 3 atom stereocenters. The molecule has 0 heterocycles. The van der Waals surface area contributed by atoms with Crippen molar-refractivity contribution in [3.05, 3.63) is 48.6 Å². The third kappa shape index (κ3) is 52.8. The average molecular weight is 1030 g/mol. The van der Waals surface area contributed by atoms with Crippen LogP contribution in [0.4, 0.5) is 0 Å². The Balaban J connectivity index is 5.27. The van der Waals surface area contributed by atoms with Gasteiger partial charge >= 0.3 is 5.97 Å². The van der Waals surface area contributed by atoms with Gasteiger partial charge < -0.3 is 28.5 Å². The molecule has 0 rings (SSSR count). The molecule has 0 fully saturated rings. The predicted octanol–water partition coefficient (Wildman–Crippen LogP) is 17.9. The summed E-state index contributed by atoms with van der Waals surface area (Å²) < 4.78 is 30.2. The molecule has 0 aromatic carbocycles. The van der Waals surface area contributed by atoms with Gasteiger partial charge in [0.1, 0.15) is 19.3 Å². The molecule has 0 aromatic heterocycles. The van der Waals surface area contributed by atoms with Crippen LogP contribution in [-0.2, 0) is 27.9 Å². The molecule has 0 aliphatic heterocycles. The number of phosphoric ester groups is 1. The summed E-state index contributed by atoms with van der Waals surface area (Å²) in [7, 11) is 1.17. The third-order valence-corrected chi connectivity index (χ3v) is 14.5. The van der Waals surface area contributed by atoms with E-state index in [-0.39, 0.29) is 31.3 Å². The lowest BCUT2D eigenvalue weighted by Crippen LogP contribution is -2.47. The van der Waals surface area contributed by atoms with Gasteiger partial charge in [-0.15, -0.1) is 0 Å². The number of carbonyl (C=O) groups is 2. The maximum Gasteiger partial charge on any atom is 0.306 e. The fourth-order valence-corrected chi connectivity index (χ4v) is 9.47. The largest absolute Gasteiger partial charge is 0.756 e. The summed E-state index contributed by atoms with van der Waals surface area (Å²) in [5.41, 5.74) is 0. The number of phosphoric acid groups is 1. The van der Waals surface area contributed by atoms with Crippen molar-refractivity contribution in [2.45, 2.75) is 296 Å². The standard InChI is InChI=1S/C62H117N2O7P/c1-7-10-13-16-19-22-25-27-29-31-32-33-35-37-40-43-46-49-52-55-62(66)71-60(53-50-47-44-41-38-24-21-18-15-12-9-3)59(58-70-72(67,68)69-57-56-64(4,5)6)63-61(65)54-51-48-45-42-39-36-34-30-28-26-23-20-17-14-11-8-2/h27,29-30,34,36,39,50,53,59-60H,7-26,28,31-33,35,37-38,40-49,51-52,54-58H2,1-6H3,(H-,63,65,67,68)/b29-27+,34-30+,39-36+,53-50+. The van der Waals surface area contributed by atoms with Crippen LogP contribution in [0.2, 0.25) is 0 Å². The molecule has 0 aliphatic carbocycles. The molecule has 422 valence electrons. The van der Waals surface area contributed by atoms with E-state index in [1.54, 1.807) is 0 Å². The number of esters is 1. The van der Waals surface area contributed by atoms with E-state index >= 15 is 0 Å². The molecule has 0 aliphatic rings. The highest BCUT2D eigenvalue weighted by atomic mass is 31.2. The Labute approximate surface area is 446 Å². The van der Waals surface area contributed by atoms with E-state index in [0.29, 0.717) is 17.4 Å². The summed E-state index contributed by atoms with van der Waals surface area (Å²) in [4.78, 5) is 39.9. The van der Waals surface area contributed by atoms with E-state index < -0.39 is 26.6 Å². The Bertz CT molecular complexity index is 1380. The minimum atomic E-state index is -4.70. The van der Waals surface area contributed by atoms with Crippen molar-refractivity contribution in [1.29, 1.82) is 0 Å². The van der Waals surface area contributed by atoms with Crippen molar-refractivity contribution in [2.75, 3.05) is 40.9 Å². The molecule has 10 heteroatoms. The van der Waals surface area contributed by atoms with Crippen molar-refractivity contribution >= 4 is 19.7 Å². The summed E-state index contributed by atoms with van der Waals surface area (Å²) >= 11 is 0. The van der Waals surface area contributed by atoms with Gasteiger partial charge in [-0.3, -0.25) is 14.2 Å². The van der Waals surface area contributed by atoms with Crippen molar-refractivity contribution in [3.63, 3.8) is 0 Å². The number of nitrogens with one attached hydrogen (secondary N) is 1. The quantitative estimate of drug-likeness (QED) is 0.0161. The number of quaternary nitrogens is 1. The van der Waals surface area contributed by atoms with Crippen LogP contribution in [0.3, 0.4) is 0 Å². The molecule has 1 N–H and O–H groups in total. The maximum absolute atomic E-state index is 13.5. The summed E-state index contributed by atoms with van der Waals surface area (Å²) in [5, 5.41) is 3.01. The van der Waals surface area contributed by atoms with Crippen molar-refractivity contribution in [1.82, 2.24) is 5.32 Å². The van der Waals surface area contributed by atoms with E-state index in [0.717, 1.165) is 64.2 Å². The number of hydrogen-bond donors (Lipinski definition) is 1. The average Bonchev–Trinajstić information content (AvgIpc) is 3.34. The molecule has 3 unspecified atom stereocenters. The maximum atomic E-state index is 13.5. The topological polar surface area (TPSA) is 114 Å². The number of carbonyl (C=O) groups excluding carboxylic acids is 2. The number of allylic oxidation sites excluding steroid dienone is 7. The highest BCUT2D eigenvalue weighted by molar-refractivity contribution is 7.45. The monoisotopic (exact) mass is 1030 g/mol. The number of hydrogen-bond acceptors (Lipinski definition) is 7. The Kier molecular flexibility index (Phi) is 50.9. The Morgan fingerprint density at radius 2 is 0.847 bits per heavy atom. The molecule has 0 radical (unpaired) electrons. The van der Waals surface area contributed by atoms with Crippen LogP contribution >= 0.6 is 7.82 Å². The predicted molar refractivity (Wildman–Crippen MR) is 307 cm³/mol. The second kappa shape index (κ2) is 52.4. The first kappa shape index (κ1) is 70.0. The zero-order chi connectivity index (χ0) is 52.9. The zero-order valence-corrected chi connectivity index (χ0v) is 49.0. The van der Waals surface area contributed by atoms with Crippen LogP contribution in [0.5, 0.6) is 0 Å². The number of rotatable bonds is 55. The molecule has 0 aromatic rings. The zero-order valence-electron chi connectivity index (χ0n) is 48.1. The van der Waals surface area contributed by atoms with E-state index in [4.69, 9.17) is 13.8 Å². The first-order valence-corrected chi connectivity index (χ1v) is 31.9. The van der Waals surface area contributed by atoms with Crippen LogP contribution in [-0.4, -0.2) is 69.4 Å². The minimum absolute atomic E-state index is 0.0274. The van der Waals surface area contributed by atoms with Crippen LogP contribution in [0.25, 0.3) is 0 Å². The molecule has 0 bridgehead atoms. The van der Waals surface area contributed by atoms with Gasteiger partial charge in [0.05, 0.1) is 33.8 Å². The molecule has 0 saturated carbocycles. The molecule has 0 spiro atoms. The second-order valence-corrected chi connectivity index (χ2v) is 23.3. The van der Waals surface area contributed by atoms with Crippen LogP contribution < -0.4 is 10.2 Å². The number of likely N-dealkylation sites (N-methyl/N-ethyl adjacent to an activating group) is 1. The smallest absolute Gasteiger partial charge is 0.306 e. The summed E-state index contributed by atoms with van der Waals surface area (Å²) in [6.07, 6.45) is 63.6. The molecule has 1 amide bonds. The number of ether oxygens (including phenoxy) is 1. The van der Waals surface area contributed by atoms with Gasteiger partial charge in [-0.1, -0.05) is 237 Å². The van der Waals surface area contributed by atoms with Gasteiger partial charge in [-0.25, -0.2) is 0 Å². The Hall–Kier alpha value is -2.03. The molecule has 0 saturated heterocycles. The van der Waals surface area contributed by atoms with Gasteiger partial charge in [0.15, 0.2) is 0 Å². The minimum Gasteiger partial charge on any atom is -0.756 e. The number of amides is 1. The van der Waals surface area contributed by atoms with Crippen LogP contribution in [0, 0.1) is 0 Å². The van der Waals surface area contributed by atoms with Gasteiger partial charge in [0.2, 0.25) is 5.91 Å². The summed E-state index contributed by atoms with van der Waals surface area (Å²) in [6.45, 7) is 6.82. The highest BCUT2D eigenvalue weighted by Crippen LogP contribution is 2.38. The summed E-state index contributed by atoms with van der Waals surface area (Å²) in [5.74, 6) is -0.568. The Morgan fingerprint density at radius 3 is 1.28 bits per heavy atom. The summed E-state index contributed by atoms with van der Waals surface area (Å²) in [6, 6.07) is -0.901. The number of unbranched alkanes of at least 4 members (excludes halogenated alkanes) is 34. The molecule has 72 heavy (non-hydrogen) atoms. The van der Waals surface area contributed by atoms with Crippen LogP contribution in [0.1, 0.15) is 284 Å². The van der Waals surface area contributed by atoms with Crippen molar-refractivity contribution < 1.29 is 37.3 Å². The van der Waals surface area contributed by atoms with E-state index in [2.05, 4.69) is 62.5 Å². The van der Waals surface area contributed by atoms with Gasteiger partial charge in [-0.2, -0.15) is 0 Å². The van der Waals surface area contributed by atoms with Gasteiger partial charge in [0, 0.05) is 12.8 Å². The lowest BCUT2D eigenvalue weighted by atomic mass is 10.0. The first-order valence-electron chi connectivity index (χ1n) is 30.5. The second-order valence-electron chi connectivity index (χ2n) is 21.9. The highest BCUT2D eigenvalue weighted by Gasteiger charge is 2.27. The van der Waals surface area contributed by atoms with Gasteiger partial charge in [-0.05, 0) is 83.1 Å². The van der Waals surface area contributed by atoms with E-state index in [1.165, 1.54) is 180 Å². The first-order chi connectivity index (χ1) is 34.9. The fraction of sp³-hybridized carbons (Fsp3) is 0.839. The van der Waals surface area contributed by atoms with Crippen molar-refractivity contribution in [3.8, 4) is 0 Å². The van der Waals surface area contributed by atoms with Crippen molar-refractivity contribution in [2.24, 2.45) is 0 Å². The van der Waals surface area contributed by atoms with Gasteiger partial charge in [0.25, 0.3) is 7.82 Å². The normalized spacial score (nSPS) is 14.0. The lowest BCUT2D eigenvalue weighted by Gasteiger charge is -2.30. The molecular formula is C62H117N2O7P. The SMILES string of the molecule is CCCCCCCC/C=C/CCCCCCCCCCCC(=O)OC(/C=C/CCCCCCCCCCC)C(COP(=O)([O-])OCC[N+](C)(C)C)NC(=O)CCCCC/C=C/C=C/CCCCCCCCC. The molecule has 9 nitrogen and oxygen atoms in total. The van der Waals surface area contributed by atoms with Crippen LogP contribution in [0.15, 0.2) is 48.6 Å². The number of nitrogens with zero attached hydrogens (tertiary/aromatic N) is 1. The van der Waals surface area contributed by atoms with E-state index in [9.17, 15) is 19.0 Å². The third-order valence-electron chi connectivity index (χ3n) is 13.5. The molecular weight excluding hydrogens is 916 g/mol. The Morgan fingerprint density at radius 1 is 0.486 bits per heavy atom. The van der Waals surface area contributed by atoms with E-state index in [1.807, 2.05) is 33.3 Å². The fourth-order valence-electron chi connectivity index (χ4n) is 8.74.